The van der Waals surface area contributed by atoms with Gasteiger partial charge in [-0.05, 0) is 42.3 Å². The van der Waals surface area contributed by atoms with Crippen LogP contribution in [0.15, 0.2) is 4.60 Å². The van der Waals surface area contributed by atoms with E-state index in [1.165, 1.54) is 0 Å². The summed E-state index contributed by atoms with van der Waals surface area (Å²) in [6, 6.07) is 0. The van der Waals surface area contributed by atoms with Crippen LogP contribution in [0.25, 0.3) is 5.78 Å². The SMILES string of the molecule is Cc1nc2nc(Br)c(C=O)n2c(C)c1C. The summed E-state index contributed by atoms with van der Waals surface area (Å²) in [5.74, 6) is 0.560. The zero-order valence-electron chi connectivity index (χ0n) is 8.71. The largest absolute Gasteiger partial charge is 0.296 e. The highest BCUT2D eigenvalue weighted by Crippen LogP contribution is 2.20. The summed E-state index contributed by atoms with van der Waals surface area (Å²) in [5.41, 5.74) is 3.53. The van der Waals surface area contributed by atoms with Gasteiger partial charge >= 0.3 is 0 Å². The van der Waals surface area contributed by atoms with Gasteiger partial charge in [0, 0.05) is 11.4 Å². The van der Waals surface area contributed by atoms with Gasteiger partial charge in [-0.1, -0.05) is 0 Å². The van der Waals surface area contributed by atoms with Crippen molar-refractivity contribution in [3.8, 4) is 0 Å². The minimum atomic E-state index is 0.512. The van der Waals surface area contributed by atoms with Crippen LogP contribution in [-0.2, 0) is 0 Å². The predicted octanol–water partition coefficient (Wildman–Crippen LogP) is 2.23. The molecule has 0 spiro atoms. The summed E-state index contributed by atoms with van der Waals surface area (Å²) in [5, 5.41) is 0. The molecule has 0 N–H and O–H groups in total. The lowest BCUT2D eigenvalue weighted by molar-refractivity contribution is 0.111. The molecule has 0 saturated heterocycles. The number of imidazole rings is 1. The quantitative estimate of drug-likeness (QED) is 0.745. The molecule has 0 saturated carbocycles. The van der Waals surface area contributed by atoms with E-state index in [9.17, 15) is 4.79 Å². The number of carbonyl (C=O) groups excluding carboxylic acids is 1. The highest BCUT2D eigenvalue weighted by molar-refractivity contribution is 9.10. The number of hydrogen-bond donors (Lipinski definition) is 0. The minimum Gasteiger partial charge on any atom is -0.296 e. The van der Waals surface area contributed by atoms with Crippen LogP contribution in [0.2, 0.25) is 0 Å². The van der Waals surface area contributed by atoms with Crippen LogP contribution in [0, 0.1) is 20.8 Å². The van der Waals surface area contributed by atoms with Crippen LogP contribution < -0.4 is 0 Å². The monoisotopic (exact) mass is 267 g/mol. The lowest BCUT2D eigenvalue weighted by Gasteiger charge is -2.07. The van der Waals surface area contributed by atoms with Crippen molar-refractivity contribution in [3.63, 3.8) is 0 Å². The molecule has 2 aromatic heterocycles. The predicted molar refractivity (Wildman–Crippen MR) is 60.3 cm³/mol. The van der Waals surface area contributed by atoms with Crippen LogP contribution >= 0.6 is 15.9 Å². The summed E-state index contributed by atoms with van der Waals surface area (Å²) in [7, 11) is 0. The van der Waals surface area contributed by atoms with Gasteiger partial charge in [0.2, 0.25) is 5.78 Å². The summed E-state index contributed by atoms with van der Waals surface area (Å²) >= 11 is 3.25. The number of aryl methyl sites for hydroxylation is 2. The van der Waals surface area contributed by atoms with Crippen LogP contribution in [-0.4, -0.2) is 20.7 Å². The second-order valence-electron chi connectivity index (χ2n) is 3.45. The van der Waals surface area contributed by atoms with Gasteiger partial charge in [0.25, 0.3) is 0 Å². The molecule has 78 valence electrons. The second kappa shape index (κ2) is 3.41. The molecule has 15 heavy (non-hydrogen) atoms. The average Bonchev–Trinajstić information content (AvgIpc) is 2.50. The van der Waals surface area contributed by atoms with Crippen molar-refractivity contribution in [3.05, 3.63) is 27.2 Å². The van der Waals surface area contributed by atoms with E-state index in [2.05, 4.69) is 25.9 Å². The van der Waals surface area contributed by atoms with E-state index in [0.717, 1.165) is 23.2 Å². The number of rotatable bonds is 1. The van der Waals surface area contributed by atoms with Gasteiger partial charge in [-0.3, -0.25) is 9.20 Å². The summed E-state index contributed by atoms with van der Waals surface area (Å²) in [6.07, 6.45) is 0.785. The number of aromatic nitrogens is 3. The molecule has 5 heteroatoms. The summed E-state index contributed by atoms with van der Waals surface area (Å²) in [6.45, 7) is 5.88. The van der Waals surface area contributed by atoms with Crippen molar-refractivity contribution in [1.82, 2.24) is 14.4 Å². The summed E-state index contributed by atoms with van der Waals surface area (Å²) < 4.78 is 2.30. The maximum atomic E-state index is 10.9. The average molecular weight is 268 g/mol. The van der Waals surface area contributed by atoms with Crippen molar-refractivity contribution >= 4 is 28.0 Å². The van der Waals surface area contributed by atoms with E-state index in [1.54, 1.807) is 4.40 Å². The van der Waals surface area contributed by atoms with Crippen LogP contribution in [0.3, 0.4) is 0 Å². The van der Waals surface area contributed by atoms with Gasteiger partial charge in [-0.15, -0.1) is 0 Å². The maximum absolute atomic E-state index is 10.9. The molecule has 4 nitrogen and oxygen atoms in total. The molecule has 0 aromatic carbocycles. The molecule has 0 aliphatic carbocycles. The number of aldehydes is 1. The van der Waals surface area contributed by atoms with Gasteiger partial charge in [-0.2, -0.15) is 0 Å². The fourth-order valence-electron chi connectivity index (χ4n) is 1.57. The van der Waals surface area contributed by atoms with Gasteiger partial charge in [-0.25, -0.2) is 9.97 Å². The van der Waals surface area contributed by atoms with Crippen molar-refractivity contribution in [2.75, 3.05) is 0 Å². The van der Waals surface area contributed by atoms with Gasteiger partial charge in [0.05, 0.1) is 0 Å². The first kappa shape index (κ1) is 10.3. The molecular formula is C10H10BrN3O. The number of fused-ring (bicyclic) bond motifs is 1. The van der Waals surface area contributed by atoms with Crippen molar-refractivity contribution < 1.29 is 4.79 Å². The molecule has 0 amide bonds. The Kier molecular flexibility index (Phi) is 2.34. The molecule has 2 heterocycles. The Bertz CT molecular complexity index is 560. The molecule has 0 radical (unpaired) electrons. The topological polar surface area (TPSA) is 47.3 Å². The lowest BCUT2D eigenvalue weighted by Crippen LogP contribution is -2.03. The Labute approximate surface area is 95.5 Å². The maximum Gasteiger partial charge on any atom is 0.235 e. The van der Waals surface area contributed by atoms with Crippen LogP contribution in [0.5, 0.6) is 0 Å². The molecule has 0 fully saturated rings. The summed E-state index contributed by atoms with van der Waals surface area (Å²) in [4.78, 5) is 19.4. The van der Waals surface area contributed by atoms with Crippen molar-refractivity contribution in [2.24, 2.45) is 0 Å². The molecule has 2 rings (SSSR count). The van der Waals surface area contributed by atoms with E-state index >= 15 is 0 Å². The molecule has 0 atom stereocenters. The Morgan fingerprint density at radius 2 is 1.93 bits per heavy atom. The van der Waals surface area contributed by atoms with E-state index < -0.39 is 0 Å². The Hall–Kier alpha value is -1.23. The van der Waals surface area contributed by atoms with E-state index in [-0.39, 0.29) is 0 Å². The van der Waals surface area contributed by atoms with Gasteiger partial charge < -0.3 is 0 Å². The van der Waals surface area contributed by atoms with Crippen molar-refractivity contribution in [2.45, 2.75) is 20.8 Å². The van der Waals surface area contributed by atoms with E-state index in [0.29, 0.717) is 16.1 Å². The molecule has 0 aliphatic rings. The third kappa shape index (κ3) is 1.38. The fourth-order valence-corrected chi connectivity index (χ4v) is 1.99. The first-order valence-electron chi connectivity index (χ1n) is 4.53. The molecule has 0 bridgehead atoms. The van der Waals surface area contributed by atoms with Gasteiger partial charge in [0.1, 0.15) is 10.3 Å². The number of hydrogen-bond acceptors (Lipinski definition) is 3. The Morgan fingerprint density at radius 1 is 1.27 bits per heavy atom. The number of nitrogens with zero attached hydrogens (tertiary/aromatic N) is 3. The van der Waals surface area contributed by atoms with Crippen molar-refractivity contribution in [1.29, 1.82) is 0 Å². The molecular weight excluding hydrogens is 258 g/mol. The Morgan fingerprint density at radius 3 is 2.53 bits per heavy atom. The highest BCUT2D eigenvalue weighted by atomic mass is 79.9. The van der Waals surface area contributed by atoms with E-state index in [4.69, 9.17) is 0 Å². The van der Waals surface area contributed by atoms with E-state index in [1.807, 2.05) is 20.8 Å². The second-order valence-corrected chi connectivity index (χ2v) is 4.20. The first-order valence-corrected chi connectivity index (χ1v) is 5.32. The third-order valence-corrected chi connectivity index (χ3v) is 3.23. The Balaban J connectivity index is 3.00. The van der Waals surface area contributed by atoms with Gasteiger partial charge in [0.15, 0.2) is 6.29 Å². The number of halogens is 1. The third-order valence-electron chi connectivity index (χ3n) is 2.65. The first-order chi connectivity index (χ1) is 7.06. The minimum absolute atomic E-state index is 0.512. The number of carbonyl (C=O) groups is 1. The molecule has 0 aliphatic heterocycles. The molecule has 0 unspecified atom stereocenters. The normalized spacial score (nSPS) is 10.9. The standard InChI is InChI=1S/C10H10BrN3O/c1-5-6(2)12-10-13-9(11)8(4-15)14(10)7(5)3/h4H,1-3H3. The highest BCUT2D eigenvalue weighted by Gasteiger charge is 2.14. The van der Waals surface area contributed by atoms with Crippen LogP contribution in [0.1, 0.15) is 27.4 Å². The zero-order valence-corrected chi connectivity index (χ0v) is 10.3. The van der Waals surface area contributed by atoms with Crippen LogP contribution in [0.4, 0.5) is 0 Å². The fraction of sp³-hybridized carbons (Fsp3) is 0.300. The smallest absolute Gasteiger partial charge is 0.235 e. The lowest BCUT2D eigenvalue weighted by atomic mass is 10.2. The molecule has 2 aromatic rings. The zero-order chi connectivity index (χ0) is 11.2.